The van der Waals surface area contributed by atoms with Crippen LogP contribution in [0.5, 0.6) is 0 Å². The summed E-state index contributed by atoms with van der Waals surface area (Å²) in [4.78, 5) is 14.1. The van der Waals surface area contributed by atoms with Gasteiger partial charge in [-0.3, -0.25) is 4.79 Å². The normalized spacial score (nSPS) is 15.0. The fraction of sp³-hybridized carbons (Fsp3) is 0.529. The van der Waals surface area contributed by atoms with Gasteiger partial charge in [-0.2, -0.15) is 5.26 Å². The van der Waals surface area contributed by atoms with E-state index in [4.69, 9.17) is 5.26 Å². The Morgan fingerprint density at radius 3 is 2.55 bits per heavy atom. The van der Waals surface area contributed by atoms with Crippen LogP contribution in [0.15, 0.2) is 24.3 Å². The molecule has 3 nitrogen and oxygen atoms in total. The standard InChI is InChI=1S/C17H22N2O/c1-14-6-8-15(9-7-14)10-11-17(20)19(13-12-18)16-4-2-3-5-16/h6-9,16H,2-5,10-11,13H2,1H3. The molecule has 0 atom stereocenters. The van der Waals surface area contributed by atoms with Gasteiger partial charge in [-0.25, -0.2) is 0 Å². The third-order valence-electron chi connectivity index (χ3n) is 4.08. The number of amides is 1. The average Bonchev–Trinajstić information content (AvgIpc) is 2.97. The Kier molecular flexibility index (Phi) is 5.17. The summed E-state index contributed by atoms with van der Waals surface area (Å²) >= 11 is 0. The zero-order chi connectivity index (χ0) is 14.4. The predicted molar refractivity (Wildman–Crippen MR) is 79.1 cm³/mol. The first-order chi connectivity index (χ1) is 9.70. The summed E-state index contributed by atoms with van der Waals surface area (Å²) in [7, 11) is 0. The summed E-state index contributed by atoms with van der Waals surface area (Å²) in [5.74, 6) is 0.124. The molecule has 1 fully saturated rings. The summed E-state index contributed by atoms with van der Waals surface area (Å²) in [6.45, 7) is 2.29. The molecular weight excluding hydrogens is 248 g/mol. The van der Waals surface area contributed by atoms with Gasteiger partial charge in [0, 0.05) is 12.5 Å². The monoisotopic (exact) mass is 270 g/mol. The minimum atomic E-state index is 0.124. The van der Waals surface area contributed by atoms with E-state index < -0.39 is 0 Å². The van der Waals surface area contributed by atoms with Gasteiger partial charge in [0.2, 0.25) is 5.91 Å². The van der Waals surface area contributed by atoms with Crippen LogP contribution in [0.4, 0.5) is 0 Å². The molecule has 1 aliphatic carbocycles. The number of carbonyl (C=O) groups is 1. The maximum absolute atomic E-state index is 12.3. The number of rotatable bonds is 5. The Morgan fingerprint density at radius 2 is 1.95 bits per heavy atom. The van der Waals surface area contributed by atoms with Gasteiger partial charge in [-0.15, -0.1) is 0 Å². The van der Waals surface area contributed by atoms with Gasteiger partial charge >= 0.3 is 0 Å². The minimum Gasteiger partial charge on any atom is -0.326 e. The number of benzene rings is 1. The van der Waals surface area contributed by atoms with Crippen molar-refractivity contribution < 1.29 is 4.79 Å². The van der Waals surface area contributed by atoms with Gasteiger partial charge in [0.05, 0.1) is 6.07 Å². The molecule has 0 bridgehead atoms. The first kappa shape index (κ1) is 14.6. The van der Waals surface area contributed by atoms with Gasteiger partial charge < -0.3 is 4.90 Å². The van der Waals surface area contributed by atoms with Crippen molar-refractivity contribution in [3.05, 3.63) is 35.4 Å². The molecule has 3 heteroatoms. The van der Waals surface area contributed by atoms with E-state index >= 15 is 0 Å². The molecule has 0 unspecified atom stereocenters. The molecule has 20 heavy (non-hydrogen) atoms. The van der Waals surface area contributed by atoms with Gasteiger partial charge in [-0.1, -0.05) is 42.7 Å². The van der Waals surface area contributed by atoms with Crippen LogP contribution in [-0.2, 0) is 11.2 Å². The molecule has 1 aliphatic rings. The van der Waals surface area contributed by atoms with Crippen molar-refractivity contribution in [3.8, 4) is 6.07 Å². The molecule has 0 radical (unpaired) electrons. The molecule has 0 saturated heterocycles. The molecule has 0 aromatic heterocycles. The Balaban J connectivity index is 1.91. The molecular formula is C17H22N2O. The van der Waals surface area contributed by atoms with Crippen LogP contribution in [-0.4, -0.2) is 23.4 Å². The van der Waals surface area contributed by atoms with E-state index in [-0.39, 0.29) is 12.5 Å². The number of carbonyl (C=O) groups excluding carboxylic acids is 1. The zero-order valence-corrected chi connectivity index (χ0v) is 12.1. The van der Waals surface area contributed by atoms with E-state index in [0.717, 1.165) is 19.3 Å². The third-order valence-corrected chi connectivity index (χ3v) is 4.08. The lowest BCUT2D eigenvalue weighted by Gasteiger charge is -2.26. The number of nitrogens with zero attached hydrogens (tertiary/aromatic N) is 2. The highest BCUT2D eigenvalue weighted by Crippen LogP contribution is 2.24. The van der Waals surface area contributed by atoms with Crippen molar-refractivity contribution in [1.82, 2.24) is 4.90 Å². The fourth-order valence-electron chi connectivity index (χ4n) is 2.86. The lowest BCUT2D eigenvalue weighted by Crippen LogP contribution is -2.39. The van der Waals surface area contributed by atoms with Crippen LogP contribution in [0.2, 0.25) is 0 Å². The van der Waals surface area contributed by atoms with Gasteiger partial charge in [0.25, 0.3) is 0 Å². The molecule has 2 rings (SSSR count). The highest BCUT2D eigenvalue weighted by Gasteiger charge is 2.25. The largest absolute Gasteiger partial charge is 0.326 e. The van der Waals surface area contributed by atoms with E-state index in [1.165, 1.54) is 24.0 Å². The zero-order valence-electron chi connectivity index (χ0n) is 12.1. The van der Waals surface area contributed by atoms with E-state index in [0.29, 0.717) is 12.5 Å². The second-order valence-corrected chi connectivity index (χ2v) is 5.60. The van der Waals surface area contributed by atoms with Gasteiger partial charge in [0.1, 0.15) is 6.54 Å². The highest BCUT2D eigenvalue weighted by molar-refractivity contribution is 5.77. The first-order valence-electron chi connectivity index (χ1n) is 7.42. The molecule has 0 spiro atoms. The van der Waals surface area contributed by atoms with E-state index in [1.54, 1.807) is 4.90 Å². The van der Waals surface area contributed by atoms with E-state index in [2.05, 4.69) is 37.3 Å². The van der Waals surface area contributed by atoms with Crippen molar-refractivity contribution in [1.29, 1.82) is 5.26 Å². The maximum atomic E-state index is 12.3. The Morgan fingerprint density at radius 1 is 1.30 bits per heavy atom. The van der Waals surface area contributed by atoms with Crippen molar-refractivity contribution in [2.75, 3.05) is 6.54 Å². The Hall–Kier alpha value is -1.82. The summed E-state index contributed by atoms with van der Waals surface area (Å²) < 4.78 is 0. The third kappa shape index (κ3) is 3.84. The average molecular weight is 270 g/mol. The van der Waals surface area contributed by atoms with Crippen LogP contribution < -0.4 is 0 Å². The summed E-state index contributed by atoms with van der Waals surface area (Å²) in [5.41, 5.74) is 2.42. The smallest absolute Gasteiger partial charge is 0.224 e. The fourth-order valence-corrected chi connectivity index (χ4v) is 2.86. The van der Waals surface area contributed by atoms with Crippen LogP contribution in [0.3, 0.4) is 0 Å². The van der Waals surface area contributed by atoms with Crippen molar-refractivity contribution in [2.45, 2.75) is 51.5 Å². The van der Waals surface area contributed by atoms with Crippen LogP contribution in [0.25, 0.3) is 0 Å². The van der Waals surface area contributed by atoms with Crippen molar-refractivity contribution in [3.63, 3.8) is 0 Å². The number of nitriles is 1. The highest BCUT2D eigenvalue weighted by atomic mass is 16.2. The number of hydrogen-bond donors (Lipinski definition) is 0. The second-order valence-electron chi connectivity index (χ2n) is 5.60. The topological polar surface area (TPSA) is 44.1 Å². The molecule has 0 heterocycles. The predicted octanol–water partition coefficient (Wildman–Crippen LogP) is 3.22. The SMILES string of the molecule is Cc1ccc(CCC(=O)N(CC#N)C2CCCC2)cc1. The lowest BCUT2D eigenvalue weighted by molar-refractivity contribution is -0.132. The van der Waals surface area contributed by atoms with Gasteiger partial charge in [-0.05, 0) is 31.7 Å². The maximum Gasteiger partial charge on any atom is 0.224 e. The molecule has 106 valence electrons. The number of aryl methyl sites for hydroxylation is 2. The van der Waals surface area contributed by atoms with Crippen LogP contribution in [0.1, 0.15) is 43.2 Å². The Bertz CT molecular complexity index is 481. The van der Waals surface area contributed by atoms with Gasteiger partial charge in [0.15, 0.2) is 0 Å². The van der Waals surface area contributed by atoms with E-state index in [9.17, 15) is 4.79 Å². The minimum absolute atomic E-state index is 0.124. The molecule has 1 amide bonds. The van der Waals surface area contributed by atoms with E-state index in [1.807, 2.05) is 0 Å². The quantitative estimate of drug-likeness (QED) is 0.771. The first-order valence-corrected chi connectivity index (χ1v) is 7.42. The number of hydrogen-bond acceptors (Lipinski definition) is 2. The van der Waals surface area contributed by atoms with Crippen LogP contribution >= 0.6 is 0 Å². The van der Waals surface area contributed by atoms with Crippen molar-refractivity contribution in [2.24, 2.45) is 0 Å². The Labute approximate surface area is 121 Å². The molecule has 1 aromatic carbocycles. The summed E-state index contributed by atoms with van der Waals surface area (Å²) in [5, 5.41) is 8.92. The summed E-state index contributed by atoms with van der Waals surface area (Å²) in [6.07, 6.45) is 5.72. The molecule has 1 saturated carbocycles. The van der Waals surface area contributed by atoms with Crippen LogP contribution in [0, 0.1) is 18.3 Å². The summed E-state index contributed by atoms with van der Waals surface area (Å²) in [6, 6.07) is 10.7. The second kappa shape index (κ2) is 7.09. The molecule has 0 N–H and O–H groups in total. The molecule has 1 aromatic rings. The molecule has 0 aliphatic heterocycles. The lowest BCUT2D eigenvalue weighted by atomic mass is 10.1. The van der Waals surface area contributed by atoms with Crippen molar-refractivity contribution >= 4 is 5.91 Å².